The molecule has 0 unspecified atom stereocenters. The van der Waals surface area contributed by atoms with Crippen molar-refractivity contribution < 1.29 is 4.79 Å². The molecule has 3 rings (SSSR count). The molecule has 26 heavy (non-hydrogen) atoms. The first-order valence-corrected chi connectivity index (χ1v) is 9.49. The van der Waals surface area contributed by atoms with Crippen LogP contribution in [0.3, 0.4) is 0 Å². The van der Waals surface area contributed by atoms with Crippen LogP contribution >= 0.6 is 0 Å². The maximum atomic E-state index is 13.3. The van der Waals surface area contributed by atoms with Gasteiger partial charge in [0.15, 0.2) is 5.43 Å². The number of carbonyl (C=O) groups excluding carboxylic acids is 1. The molecule has 1 aromatic carbocycles. The fourth-order valence-electron chi connectivity index (χ4n) is 3.81. The Hall–Kier alpha value is -2.36. The Bertz CT molecular complexity index is 847. The van der Waals surface area contributed by atoms with Crippen LogP contribution in [0.5, 0.6) is 0 Å². The minimum absolute atomic E-state index is 0.140. The minimum Gasteiger partial charge on any atom is -0.354 e. The molecule has 1 aliphatic rings. The molecule has 0 spiro atoms. The highest BCUT2D eigenvalue weighted by atomic mass is 16.2. The monoisotopic (exact) mass is 352 g/mol. The van der Waals surface area contributed by atoms with Crippen LogP contribution in [-0.4, -0.2) is 21.4 Å². The first-order valence-electron chi connectivity index (χ1n) is 9.49. The summed E-state index contributed by atoms with van der Waals surface area (Å²) in [5.41, 5.74) is 3.25. The molecule has 1 saturated carbocycles. The summed E-state index contributed by atoms with van der Waals surface area (Å²) in [5.74, 6) is -0.140. The van der Waals surface area contributed by atoms with Crippen molar-refractivity contribution in [2.24, 2.45) is 7.05 Å². The molecule has 4 nitrogen and oxygen atoms in total. The zero-order valence-corrected chi connectivity index (χ0v) is 16.0. The van der Waals surface area contributed by atoms with Gasteiger partial charge in [-0.2, -0.15) is 0 Å². The van der Waals surface area contributed by atoms with Gasteiger partial charge < -0.3 is 9.47 Å². The van der Waals surface area contributed by atoms with Crippen LogP contribution < -0.4 is 5.43 Å². The second kappa shape index (κ2) is 7.90. The van der Waals surface area contributed by atoms with Gasteiger partial charge in [0.2, 0.25) is 0 Å². The molecule has 1 amide bonds. The normalized spacial score (nSPS) is 15.0. The predicted octanol–water partition coefficient (Wildman–Crippen LogP) is 3.98. The maximum absolute atomic E-state index is 13.3. The van der Waals surface area contributed by atoms with Crippen LogP contribution in [0.2, 0.25) is 0 Å². The quantitative estimate of drug-likeness (QED) is 0.835. The third-order valence-electron chi connectivity index (χ3n) is 5.43. The molecular formula is C22H28N2O2. The van der Waals surface area contributed by atoms with Gasteiger partial charge in [0.1, 0.15) is 5.56 Å². The van der Waals surface area contributed by atoms with Crippen LogP contribution in [0, 0.1) is 13.8 Å². The second-order valence-corrected chi connectivity index (χ2v) is 7.52. The molecule has 1 aromatic heterocycles. The van der Waals surface area contributed by atoms with E-state index in [0.29, 0.717) is 6.54 Å². The fraction of sp³-hybridized carbons (Fsp3) is 0.455. The SMILES string of the molecule is Cc1cccc(CN(C(=O)c2cn(C)c(C)cc2=O)C2CCCCC2)c1. The summed E-state index contributed by atoms with van der Waals surface area (Å²) in [6.07, 6.45) is 7.25. The smallest absolute Gasteiger partial charge is 0.259 e. The Labute approximate surface area is 155 Å². The minimum atomic E-state index is -0.185. The van der Waals surface area contributed by atoms with Gasteiger partial charge in [-0.15, -0.1) is 0 Å². The number of rotatable bonds is 4. The summed E-state index contributed by atoms with van der Waals surface area (Å²) in [6.45, 7) is 4.50. The molecular weight excluding hydrogens is 324 g/mol. The lowest BCUT2D eigenvalue weighted by Crippen LogP contribution is -2.42. The summed E-state index contributed by atoms with van der Waals surface area (Å²) in [7, 11) is 1.87. The number of amides is 1. The molecule has 1 aliphatic carbocycles. The Morgan fingerprint density at radius 1 is 1.15 bits per heavy atom. The van der Waals surface area contributed by atoms with Crippen molar-refractivity contribution in [2.45, 2.75) is 58.5 Å². The van der Waals surface area contributed by atoms with Gasteiger partial charge in [-0.3, -0.25) is 9.59 Å². The summed E-state index contributed by atoms with van der Waals surface area (Å²) in [6, 6.07) is 10.0. The van der Waals surface area contributed by atoms with Crippen LogP contribution in [0.15, 0.2) is 41.3 Å². The van der Waals surface area contributed by atoms with Gasteiger partial charge in [-0.1, -0.05) is 49.1 Å². The average Bonchev–Trinajstić information content (AvgIpc) is 2.63. The van der Waals surface area contributed by atoms with Crippen molar-refractivity contribution in [1.29, 1.82) is 0 Å². The Balaban J connectivity index is 1.95. The molecule has 138 valence electrons. The number of nitrogens with zero attached hydrogens (tertiary/aromatic N) is 2. The Kier molecular flexibility index (Phi) is 5.60. The molecule has 1 fully saturated rings. The van der Waals surface area contributed by atoms with E-state index in [1.165, 1.54) is 12.0 Å². The molecule has 4 heteroatoms. The zero-order chi connectivity index (χ0) is 18.7. The summed E-state index contributed by atoms with van der Waals surface area (Å²) >= 11 is 0. The number of pyridine rings is 1. The van der Waals surface area contributed by atoms with E-state index < -0.39 is 0 Å². The molecule has 0 saturated heterocycles. The van der Waals surface area contributed by atoms with Crippen molar-refractivity contribution >= 4 is 5.91 Å². The van der Waals surface area contributed by atoms with Crippen molar-refractivity contribution in [1.82, 2.24) is 9.47 Å². The number of aryl methyl sites for hydroxylation is 3. The molecule has 0 bridgehead atoms. The topological polar surface area (TPSA) is 42.3 Å². The summed E-state index contributed by atoms with van der Waals surface area (Å²) in [5, 5.41) is 0. The zero-order valence-electron chi connectivity index (χ0n) is 16.0. The highest BCUT2D eigenvalue weighted by molar-refractivity contribution is 5.94. The third-order valence-corrected chi connectivity index (χ3v) is 5.43. The largest absolute Gasteiger partial charge is 0.354 e. The van der Waals surface area contributed by atoms with E-state index in [4.69, 9.17) is 0 Å². The molecule has 0 radical (unpaired) electrons. The van der Waals surface area contributed by atoms with Crippen molar-refractivity contribution in [3.63, 3.8) is 0 Å². The van der Waals surface area contributed by atoms with E-state index in [2.05, 4.69) is 25.1 Å². The van der Waals surface area contributed by atoms with E-state index in [9.17, 15) is 9.59 Å². The third kappa shape index (κ3) is 4.06. The standard InChI is InChI=1S/C22H28N2O2/c1-16-8-7-9-18(12-16)14-24(19-10-5-4-6-11-19)22(26)20-15-23(3)17(2)13-21(20)25/h7-9,12-13,15,19H,4-6,10-11,14H2,1-3H3. The van der Waals surface area contributed by atoms with Crippen LogP contribution in [0.25, 0.3) is 0 Å². The maximum Gasteiger partial charge on any atom is 0.259 e. The average molecular weight is 352 g/mol. The molecule has 0 N–H and O–H groups in total. The van der Waals surface area contributed by atoms with E-state index >= 15 is 0 Å². The number of hydrogen-bond acceptors (Lipinski definition) is 2. The number of carbonyl (C=O) groups is 1. The van der Waals surface area contributed by atoms with Gasteiger partial charge in [0.05, 0.1) is 0 Å². The fourth-order valence-corrected chi connectivity index (χ4v) is 3.81. The summed E-state index contributed by atoms with van der Waals surface area (Å²) < 4.78 is 1.85. The van der Waals surface area contributed by atoms with Gasteiger partial charge >= 0.3 is 0 Å². The highest BCUT2D eigenvalue weighted by Gasteiger charge is 2.28. The number of hydrogen-bond donors (Lipinski definition) is 0. The predicted molar refractivity (Wildman–Crippen MR) is 104 cm³/mol. The van der Waals surface area contributed by atoms with Gasteiger partial charge in [-0.05, 0) is 32.3 Å². The van der Waals surface area contributed by atoms with E-state index in [1.54, 1.807) is 12.3 Å². The highest BCUT2D eigenvalue weighted by Crippen LogP contribution is 2.25. The van der Waals surface area contributed by atoms with Crippen LogP contribution in [-0.2, 0) is 13.6 Å². The van der Waals surface area contributed by atoms with Crippen molar-refractivity contribution in [2.75, 3.05) is 0 Å². The Morgan fingerprint density at radius 2 is 1.88 bits per heavy atom. The number of aromatic nitrogens is 1. The van der Waals surface area contributed by atoms with Crippen LogP contribution in [0.1, 0.15) is 59.3 Å². The van der Waals surface area contributed by atoms with E-state index in [-0.39, 0.29) is 22.9 Å². The molecule has 0 aliphatic heterocycles. The van der Waals surface area contributed by atoms with Gasteiger partial charge in [0, 0.05) is 37.6 Å². The first kappa shape index (κ1) is 18.4. The molecule has 2 aromatic rings. The van der Waals surface area contributed by atoms with Crippen LogP contribution in [0.4, 0.5) is 0 Å². The van der Waals surface area contributed by atoms with Crippen molar-refractivity contribution in [3.8, 4) is 0 Å². The molecule has 0 atom stereocenters. The van der Waals surface area contributed by atoms with E-state index in [0.717, 1.165) is 36.9 Å². The number of benzene rings is 1. The lowest BCUT2D eigenvalue weighted by molar-refractivity contribution is 0.0612. The Morgan fingerprint density at radius 3 is 2.58 bits per heavy atom. The summed E-state index contributed by atoms with van der Waals surface area (Å²) in [4.78, 5) is 27.7. The lowest BCUT2D eigenvalue weighted by Gasteiger charge is -2.34. The van der Waals surface area contributed by atoms with Gasteiger partial charge in [-0.25, -0.2) is 0 Å². The first-order chi connectivity index (χ1) is 12.5. The second-order valence-electron chi connectivity index (χ2n) is 7.52. The van der Waals surface area contributed by atoms with Crippen molar-refractivity contribution in [3.05, 3.63) is 69.1 Å². The molecule has 1 heterocycles. The van der Waals surface area contributed by atoms with Gasteiger partial charge in [0.25, 0.3) is 5.91 Å². The van der Waals surface area contributed by atoms with E-state index in [1.807, 2.05) is 29.5 Å². The lowest BCUT2D eigenvalue weighted by atomic mass is 9.93.